The molecule has 0 amide bonds. The molecule has 1 atom stereocenters. The van der Waals surface area contributed by atoms with Gasteiger partial charge in [0.05, 0.1) is 12.3 Å². The van der Waals surface area contributed by atoms with E-state index in [1.54, 1.807) is 24.4 Å². The lowest BCUT2D eigenvalue weighted by molar-refractivity contribution is 0.276. The molecule has 5 heteroatoms. The van der Waals surface area contributed by atoms with E-state index in [0.29, 0.717) is 5.69 Å². The molecule has 0 saturated heterocycles. The molecular formula is C11H11FN2OS. The second-order valence-electron chi connectivity index (χ2n) is 3.23. The van der Waals surface area contributed by atoms with Gasteiger partial charge in [0, 0.05) is 11.6 Å². The Morgan fingerprint density at radius 1 is 1.44 bits per heavy atom. The fourth-order valence-electron chi connectivity index (χ4n) is 1.36. The Balaban J connectivity index is 2.17. The lowest BCUT2D eigenvalue weighted by Crippen LogP contribution is -2.15. The topological polar surface area (TPSA) is 45.1 Å². The summed E-state index contributed by atoms with van der Waals surface area (Å²) in [7, 11) is 0. The average molecular weight is 238 g/mol. The molecule has 2 N–H and O–H groups in total. The number of aliphatic hydroxyl groups is 1. The van der Waals surface area contributed by atoms with Gasteiger partial charge >= 0.3 is 0 Å². The molecular weight excluding hydrogens is 227 g/mol. The quantitative estimate of drug-likeness (QED) is 0.859. The highest BCUT2D eigenvalue weighted by atomic mass is 32.1. The van der Waals surface area contributed by atoms with Crippen LogP contribution in [0.15, 0.2) is 35.8 Å². The van der Waals surface area contributed by atoms with E-state index in [9.17, 15) is 9.50 Å². The minimum absolute atomic E-state index is 0.123. The third kappa shape index (κ3) is 2.37. The normalized spacial score (nSPS) is 12.4. The van der Waals surface area contributed by atoms with Crippen LogP contribution >= 0.6 is 11.3 Å². The predicted octanol–water partition coefficient (Wildman–Crippen LogP) is 2.43. The smallest absolute Gasteiger partial charge is 0.146 e. The Bertz CT molecular complexity index is 447. The largest absolute Gasteiger partial charge is 0.394 e. The molecule has 1 aromatic heterocycles. The van der Waals surface area contributed by atoms with E-state index in [1.807, 2.05) is 5.38 Å². The maximum absolute atomic E-state index is 13.4. The van der Waals surface area contributed by atoms with Crippen molar-refractivity contribution in [3.8, 4) is 0 Å². The van der Waals surface area contributed by atoms with E-state index in [2.05, 4.69) is 10.3 Å². The highest BCUT2D eigenvalue weighted by Crippen LogP contribution is 2.22. The fourth-order valence-corrected chi connectivity index (χ4v) is 2.04. The monoisotopic (exact) mass is 238 g/mol. The molecule has 1 aromatic carbocycles. The average Bonchev–Trinajstić information content (AvgIpc) is 2.81. The molecule has 0 aliphatic heterocycles. The van der Waals surface area contributed by atoms with Gasteiger partial charge in [-0.15, -0.1) is 11.3 Å². The summed E-state index contributed by atoms with van der Waals surface area (Å²) in [6.07, 6.45) is 1.66. The fraction of sp³-hybridized carbons (Fsp3) is 0.182. The molecule has 0 radical (unpaired) electrons. The summed E-state index contributed by atoms with van der Waals surface area (Å²) < 4.78 is 13.4. The number of anilines is 1. The molecule has 84 valence electrons. The van der Waals surface area contributed by atoms with Crippen molar-refractivity contribution in [2.75, 3.05) is 11.9 Å². The maximum atomic E-state index is 13.4. The Kier molecular flexibility index (Phi) is 3.48. The van der Waals surface area contributed by atoms with Gasteiger partial charge in [0.1, 0.15) is 16.9 Å². The van der Waals surface area contributed by atoms with Crippen molar-refractivity contribution in [1.82, 2.24) is 4.98 Å². The number of rotatable bonds is 4. The number of thiazole rings is 1. The summed E-state index contributed by atoms with van der Waals surface area (Å²) >= 11 is 1.42. The van der Waals surface area contributed by atoms with Crippen molar-refractivity contribution in [2.24, 2.45) is 0 Å². The lowest BCUT2D eigenvalue weighted by atomic mass is 10.2. The molecule has 0 aliphatic rings. The minimum Gasteiger partial charge on any atom is -0.394 e. The number of hydrogen-bond donors (Lipinski definition) is 2. The van der Waals surface area contributed by atoms with Crippen molar-refractivity contribution in [2.45, 2.75) is 6.04 Å². The van der Waals surface area contributed by atoms with Crippen molar-refractivity contribution in [3.63, 3.8) is 0 Å². The molecule has 0 fully saturated rings. The van der Waals surface area contributed by atoms with Crippen LogP contribution in [0.5, 0.6) is 0 Å². The molecule has 16 heavy (non-hydrogen) atoms. The molecule has 1 heterocycles. The van der Waals surface area contributed by atoms with E-state index >= 15 is 0 Å². The van der Waals surface area contributed by atoms with Crippen LogP contribution in [0.3, 0.4) is 0 Å². The van der Waals surface area contributed by atoms with Crippen LogP contribution in [-0.2, 0) is 0 Å². The first-order chi connectivity index (χ1) is 7.81. The van der Waals surface area contributed by atoms with E-state index in [0.717, 1.165) is 5.01 Å². The second kappa shape index (κ2) is 5.05. The van der Waals surface area contributed by atoms with E-state index in [1.165, 1.54) is 17.4 Å². The Labute approximate surface area is 96.6 Å². The van der Waals surface area contributed by atoms with Crippen LogP contribution in [0.2, 0.25) is 0 Å². The van der Waals surface area contributed by atoms with Crippen molar-refractivity contribution in [3.05, 3.63) is 46.7 Å². The van der Waals surface area contributed by atoms with Gasteiger partial charge in [0.25, 0.3) is 0 Å². The number of aromatic nitrogens is 1. The molecule has 2 aromatic rings. The van der Waals surface area contributed by atoms with Gasteiger partial charge in [0.15, 0.2) is 0 Å². The van der Waals surface area contributed by atoms with Crippen LogP contribution < -0.4 is 5.32 Å². The minimum atomic E-state index is -0.364. The Hall–Kier alpha value is -1.46. The van der Waals surface area contributed by atoms with Crippen molar-refractivity contribution < 1.29 is 9.50 Å². The highest BCUT2D eigenvalue weighted by Gasteiger charge is 2.14. The van der Waals surface area contributed by atoms with E-state index < -0.39 is 0 Å². The first kappa shape index (κ1) is 11.0. The van der Waals surface area contributed by atoms with Gasteiger partial charge in [-0.1, -0.05) is 12.1 Å². The summed E-state index contributed by atoms with van der Waals surface area (Å²) in [6.45, 7) is -0.123. The predicted molar refractivity (Wildman–Crippen MR) is 62.0 cm³/mol. The summed E-state index contributed by atoms with van der Waals surface area (Å²) in [6, 6.07) is 6.00. The third-order valence-corrected chi connectivity index (χ3v) is 3.02. The number of para-hydroxylation sites is 1. The van der Waals surface area contributed by atoms with Gasteiger partial charge < -0.3 is 10.4 Å². The van der Waals surface area contributed by atoms with E-state index in [-0.39, 0.29) is 18.5 Å². The van der Waals surface area contributed by atoms with Crippen LogP contribution in [0.4, 0.5) is 10.1 Å². The Morgan fingerprint density at radius 3 is 2.88 bits per heavy atom. The molecule has 0 spiro atoms. The van der Waals surface area contributed by atoms with Crippen LogP contribution in [0.25, 0.3) is 0 Å². The highest BCUT2D eigenvalue weighted by molar-refractivity contribution is 7.09. The van der Waals surface area contributed by atoms with Gasteiger partial charge in [0.2, 0.25) is 0 Å². The SMILES string of the molecule is OCC(Nc1ccccc1F)c1nccs1. The zero-order chi connectivity index (χ0) is 11.4. The zero-order valence-electron chi connectivity index (χ0n) is 8.43. The number of nitrogens with one attached hydrogen (secondary N) is 1. The molecule has 0 bridgehead atoms. The van der Waals surface area contributed by atoms with Crippen LogP contribution in [0.1, 0.15) is 11.0 Å². The lowest BCUT2D eigenvalue weighted by Gasteiger charge is -2.15. The maximum Gasteiger partial charge on any atom is 0.146 e. The number of halogens is 1. The van der Waals surface area contributed by atoms with Gasteiger partial charge in [-0.2, -0.15) is 0 Å². The van der Waals surface area contributed by atoms with E-state index in [4.69, 9.17) is 0 Å². The van der Waals surface area contributed by atoms with Crippen LogP contribution in [0, 0.1) is 5.82 Å². The van der Waals surface area contributed by atoms with Crippen LogP contribution in [-0.4, -0.2) is 16.7 Å². The Morgan fingerprint density at radius 2 is 2.25 bits per heavy atom. The summed E-state index contributed by atoms with van der Waals surface area (Å²) in [5, 5.41) is 14.7. The van der Waals surface area contributed by atoms with Gasteiger partial charge in [-0.05, 0) is 12.1 Å². The number of nitrogens with zero attached hydrogens (tertiary/aromatic N) is 1. The number of hydrogen-bond acceptors (Lipinski definition) is 4. The number of benzene rings is 1. The third-order valence-electron chi connectivity index (χ3n) is 2.14. The van der Waals surface area contributed by atoms with Crippen molar-refractivity contribution in [1.29, 1.82) is 0 Å². The molecule has 2 rings (SSSR count). The standard InChI is InChI=1S/C11H11FN2OS/c12-8-3-1-2-4-9(8)14-10(7-15)11-13-5-6-16-11/h1-6,10,14-15H,7H2. The molecule has 3 nitrogen and oxygen atoms in total. The molecule has 0 aliphatic carbocycles. The second-order valence-corrected chi connectivity index (χ2v) is 4.16. The molecule has 1 unspecified atom stereocenters. The zero-order valence-corrected chi connectivity index (χ0v) is 9.25. The summed E-state index contributed by atoms with van der Waals surface area (Å²) in [4.78, 5) is 4.09. The summed E-state index contributed by atoms with van der Waals surface area (Å²) in [5.74, 6) is -0.336. The number of aliphatic hydroxyl groups excluding tert-OH is 1. The van der Waals surface area contributed by atoms with Gasteiger partial charge in [-0.3, -0.25) is 0 Å². The summed E-state index contributed by atoms with van der Waals surface area (Å²) in [5.41, 5.74) is 0.372. The first-order valence-corrected chi connectivity index (χ1v) is 5.70. The van der Waals surface area contributed by atoms with Crippen molar-refractivity contribution >= 4 is 17.0 Å². The molecule has 0 saturated carbocycles. The first-order valence-electron chi connectivity index (χ1n) is 4.82. The van der Waals surface area contributed by atoms with Gasteiger partial charge in [-0.25, -0.2) is 9.37 Å².